The van der Waals surface area contributed by atoms with Crippen molar-refractivity contribution >= 4 is 12.1 Å². The number of carbonyl (C=O) groups is 2. The average Bonchev–Trinajstić information content (AvgIpc) is 2.54. The molecule has 6 heteroatoms. The van der Waals surface area contributed by atoms with E-state index >= 15 is 0 Å². The molecule has 1 atom stereocenters. The summed E-state index contributed by atoms with van der Waals surface area (Å²) >= 11 is 0. The number of carbonyl (C=O) groups excluding carboxylic acids is 2. The molecule has 6 nitrogen and oxygen atoms in total. The number of hydrogen-bond donors (Lipinski definition) is 2. The number of nitrogens with zero attached hydrogens (tertiary/aromatic N) is 1. The van der Waals surface area contributed by atoms with Crippen LogP contribution in [0.3, 0.4) is 0 Å². The molecule has 1 saturated heterocycles. The van der Waals surface area contributed by atoms with Gasteiger partial charge in [-0.1, -0.05) is 0 Å². The predicted octanol–water partition coefficient (Wildman–Crippen LogP) is 1.31. The molecule has 0 aromatic rings. The van der Waals surface area contributed by atoms with Gasteiger partial charge in [0.25, 0.3) is 0 Å². The van der Waals surface area contributed by atoms with Gasteiger partial charge in [0.05, 0.1) is 13.1 Å². The number of nitrogens with one attached hydrogen (secondary N) is 2. The van der Waals surface area contributed by atoms with E-state index in [2.05, 4.69) is 10.6 Å². The summed E-state index contributed by atoms with van der Waals surface area (Å²) in [6, 6.07) is -0.132. The van der Waals surface area contributed by atoms with Crippen LogP contribution in [0.15, 0.2) is 0 Å². The fourth-order valence-electron chi connectivity index (χ4n) is 1.66. The molecule has 1 heterocycles. The SMILES string of the molecule is CC(C)N1CC(CNC(=O)NC(C)(C)C)OC1=O. The molecule has 2 N–H and O–H groups in total. The standard InChI is InChI=1S/C12H23N3O3/c1-8(2)15-7-9(18-11(15)17)6-13-10(16)14-12(3,4)5/h8-9H,6-7H2,1-5H3,(H2,13,14,16). The van der Waals surface area contributed by atoms with Gasteiger partial charge in [0.1, 0.15) is 6.10 Å². The summed E-state index contributed by atoms with van der Waals surface area (Å²) in [7, 11) is 0. The second-order valence-corrected chi connectivity index (χ2v) is 5.84. The molecule has 3 amide bonds. The third-order valence-electron chi connectivity index (χ3n) is 2.50. The van der Waals surface area contributed by atoms with Crippen LogP contribution in [0.1, 0.15) is 34.6 Å². The van der Waals surface area contributed by atoms with E-state index in [1.807, 2.05) is 34.6 Å². The quantitative estimate of drug-likeness (QED) is 0.801. The summed E-state index contributed by atoms with van der Waals surface area (Å²) < 4.78 is 5.16. The third kappa shape index (κ3) is 4.43. The highest BCUT2D eigenvalue weighted by Crippen LogP contribution is 2.13. The van der Waals surface area contributed by atoms with Crippen molar-refractivity contribution in [1.29, 1.82) is 0 Å². The number of ether oxygens (including phenoxy) is 1. The maximum atomic E-state index is 11.5. The Bertz CT molecular complexity index is 323. The van der Waals surface area contributed by atoms with Crippen LogP contribution >= 0.6 is 0 Å². The molecular formula is C12H23N3O3. The lowest BCUT2D eigenvalue weighted by Gasteiger charge is -2.21. The lowest BCUT2D eigenvalue weighted by atomic mass is 10.1. The summed E-state index contributed by atoms with van der Waals surface area (Å²) in [5.41, 5.74) is -0.277. The smallest absolute Gasteiger partial charge is 0.410 e. The monoisotopic (exact) mass is 257 g/mol. The summed E-state index contributed by atoms with van der Waals surface area (Å²) in [4.78, 5) is 24.7. The van der Waals surface area contributed by atoms with Crippen LogP contribution in [0, 0.1) is 0 Å². The largest absolute Gasteiger partial charge is 0.442 e. The van der Waals surface area contributed by atoms with Gasteiger partial charge in [-0.25, -0.2) is 9.59 Å². The first kappa shape index (κ1) is 14.6. The molecule has 104 valence electrons. The Kier molecular flexibility index (Phi) is 4.43. The van der Waals surface area contributed by atoms with E-state index in [0.29, 0.717) is 13.1 Å². The van der Waals surface area contributed by atoms with Crippen molar-refractivity contribution in [1.82, 2.24) is 15.5 Å². The van der Waals surface area contributed by atoms with E-state index in [1.54, 1.807) is 4.90 Å². The Labute approximate surface area is 108 Å². The topological polar surface area (TPSA) is 70.7 Å². The van der Waals surface area contributed by atoms with Crippen LogP contribution in [0.5, 0.6) is 0 Å². The molecule has 0 bridgehead atoms. The van der Waals surface area contributed by atoms with Crippen molar-refractivity contribution < 1.29 is 14.3 Å². The third-order valence-corrected chi connectivity index (χ3v) is 2.50. The summed E-state index contributed by atoms with van der Waals surface area (Å²) in [5.74, 6) is 0. The molecule has 1 rings (SSSR count). The van der Waals surface area contributed by atoms with Crippen LogP contribution in [0.4, 0.5) is 9.59 Å². The predicted molar refractivity (Wildman–Crippen MR) is 68.4 cm³/mol. The Morgan fingerprint density at radius 3 is 2.56 bits per heavy atom. The summed E-state index contributed by atoms with van der Waals surface area (Å²) in [6.07, 6.45) is -0.585. The average molecular weight is 257 g/mol. The number of rotatable bonds is 3. The lowest BCUT2D eigenvalue weighted by Crippen LogP contribution is -2.48. The molecule has 0 spiro atoms. The van der Waals surface area contributed by atoms with E-state index in [0.717, 1.165) is 0 Å². The maximum Gasteiger partial charge on any atom is 0.410 e. The first-order valence-electron chi connectivity index (χ1n) is 6.22. The second kappa shape index (κ2) is 5.46. The van der Waals surface area contributed by atoms with Gasteiger partial charge in [0, 0.05) is 11.6 Å². The minimum absolute atomic E-state index is 0.117. The van der Waals surface area contributed by atoms with Crippen molar-refractivity contribution in [2.75, 3.05) is 13.1 Å². The molecular weight excluding hydrogens is 234 g/mol. The van der Waals surface area contributed by atoms with Gasteiger partial charge in [-0.05, 0) is 34.6 Å². The first-order chi connectivity index (χ1) is 8.19. The lowest BCUT2D eigenvalue weighted by molar-refractivity contribution is 0.129. The van der Waals surface area contributed by atoms with Gasteiger partial charge in [-0.3, -0.25) is 0 Å². The van der Waals surface area contributed by atoms with Crippen LogP contribution in [-0.4, -0.2) is 47.8 Å². The highest BCUT2D eigenvalue weighted by Gasteiger charge is 2.32. The van der Waals surface area contributed by atoms with Crippen molar-refractivity contribution in [2.45, 2.75) is 52.3 Å². The minimum atomic E-state index is -0.312. The van der Waals surface area contributed by atoms with E-state index < -0.39 is 0 Å². The number of amides is 3. The highest BCUT2D eigenvalue weighted by atomic mass is 16.6. The number of urea groups is 1. The molecule has 18 heavy (non-hydrogen) atoms. The number of hydrogen-bond acceptors (Lipinski definition) is 3. The first-order valence-corrected chi connectivity index (χ1v) is 6.22. The van der Waals surface area contributed by atoms with E-state index in [1.165, 1.54) is 0 Å². The molecule has 1 aliphatic heterocycles. The second-order valence-electron chi connectivity index (χ2n) is 5.84. The maximum absolute atomic E-state index is 11.5. The molecule has 1 aliphatic rings. The zero-order valence-electron chi connectivity index (χ0n) is 11.7. The Morgan fingerprint density at radius 1 is 1.50 bits per heavy atom. The molecule has 0 aromatic carbocycles. The van der Waals surface area contributed by atoms with Crippen LogP contribution in [-0.2, 0) is 4.74 Å². The molecule has 0 aliphatic carbocycles. The Balaban J connectivity index is 2.34. The molecule has 1 fully saturated rings. The van der Waals surface area contributed by atoms with Gasteiger partial charge in [-0.2, -0.15) is 0 Å². The Hall–Kier alpha value is -1.46. The minimum Gasteiger partial charge on any atom is -0.442 e. The van der Waals surface area contributed by atoms with Crippen molar-refractivity contribution in [2.24, 2.45) is 0 Å². The summed E-state index contributed by atoms with van der Waals surface area (Å²) in [5, 5.41) is 5.49. The molecule has 0 saturated carbocycles. The van der Waals surface area contributed by atoms with Crippen molar-refractivity contribution in [3.63, 3.8) is 0 Å². The Morgan fingerprint density at radius 2 is 2.11 bits per heavy atom. The van der Waals surface area contributed by atoms with E-state index in [4.69, 9.17) is 4.74 Å². The van der Waals surface area contributed by atoms with Gasteiger partial charge in [0.2, 0.25) is 0 Å². The van der Waals surface area contributed by atoms with Crippen LogP contribution in [0.2, 0.25) is 0 Å². The molecule has 0 radical (unpaired) electrons. The molecule has 1 unspecified atom stereocenters. The van der Waals surface area contributed by atoms with E-state index in [-0.39, 0.29) is 29.8 Å². The fraction of sp³-hybridized carbons (Fsp3) is 0.833. The van der Waals surface area contributed by atoms with Gasteiger partial charge in [0.15, 0.2) is 0 Å². The van der Waals surface area contributed by atoms with Crippen molar-refractivity contribution in [3.05, 3.63) is 0 Å². The molecule has 0 aromatic heterocycles. The number of cyclic esters (lactones) is 1. The van der Waals surface area contributed by atoms with Crippen LogP contribution in [0.25, 0.3) is 0 Å². The van der Waals surface area contributed by atoms with E-state index in [9.17, 15) is 9.59 Å². The zero-order valence-corrected chi connectivity index (χ0v) is 11.7. The normalized spacial score (nSPS) is 20.0. The highest BCUT2D eigenvalue weighted by molar-refractivity contribution is 5.75. The van der Waals surface area contributed by atoms with Crippen LogP contribution < -0.4 is 10.6 Å². The summed E-state index contributed by atoms with van der Waals surface area (Å²) in [6.45, 7) is 10.4. The van der Waals surface area contributed by atoms with Gasteiger partial charge < -0.3 is 20.3 Å². The van der Waals surface area contributed by atoms with Crippen molar-refractivity contribution in [3.8, 4) is 0 Å². The van der Waals surface area contributed by atoms with Gasteiger partial charge >= 0.3 is 12.1 Å². The fourth-order valence-corrected chi connectivity index (χ4v) is 1.66. The zero-order chi connectivity index (χ0) is 13.9. The van der Waals surface area contributed by atoms with Gasteiger partial charge in [-0.15, -0.1) is 0 Å².